The SMILES string of the molecule is CCOCCN1CCN(C(=O)c2cn(C3CCNCC3)nn2)CC1CC.Cl.Cl. The van der Waals surface area contributed by atoms with Crippen LogP contribution < -0.4 is 5.32 Å². The number of carbonyl (C=O) groups is 1. The molecule has 3 heterocycles. The number of carbonyl (C=O) groups excluding carboxylic acids is 1. The van der Waals surface area contributed by atoms with Gasteiger partial charge < -0.3 is 15.0 Å². The molecule has 10 heteroatoms. The van der Waals surface area contributed by atoms with Crippen LogP contribution in [0.15, 0.2) is 6.20 Å². The van der Waals surface area contributed by atoms with Crippen molar-refractivity contribution in [1.82, 2.24) is 30.1 Å². The van der Waals surface area contributed by atoms with Crippen LogP contribution in [0.2, 0.25) is 0 Å². The lowest BCUT2D eigenvalue weighted by atomic mass is 10.1. The fraction of sp³-hybridized carbons (Fsp3) is 0.833. The maximum atomic E-state index is 12.9. The summed E-state index contributed by atoms with van der Waals surface area (Å²) >= 11 is 0. The van der Waals surface area contributed by atoms with E-state index < -0.39 is 0 Å². The summed E-state index contributed by atoms with van der Waals surface area (Å²) in [5.74, 6) is 0.00749. The van der Waals surface area contributed by atoms with Crippen LogP contribution in [0.3, 0.4) is 0 Å². The Balaban J connectivity index is 0.00000196. The third-order valence-corrected chi connectivity index (χ3v) is 5.50. The number of ether oxygens (including phenoxy) is 1. The molecule has 0 bridgehead atoms. The molecule has 1 aromatic heterocycles. The van der Waals surface area contributed by atoms with Gasteiger partial charge in [0.1, 0.15) is 0 Å². The first-order valence-corrected chi connectivity index (χ1v) is 9.96. The van der Waals surface area contributed by atoms with Gasteiger partial charge in [0.05, 0.1) is 18.8 Å². The lowest BCUT2D eigenvalue weighted by Crippen LogP contribution is -2.55. The number of amides is 1. The average molecular weight is 437 g/mol. The molecule has 0 spiro atoms. The van der Waals surface area contributed by atoms with Gasteiger partial charge in [-0.1, -0.05) is 12.1 Å². The summed E-state index contributed by atoms with van der Waals surface area (Å²) in [6, 6.07) is 0.733. The van der Waals surface area contributed by atoms with Gasteiger partial charge in [0.15, 0.2) is 5.69 Å². The zero-order chi connectivity index (χ0) is 18.4. The summed E-state index contributed by atoms with van der Waals surface area (Å²) in [6.45, 7) is 11.0. The molecular formula is C18H34Cl2N6O2. The Morgan fingerprint density at radius 2 is 2.00 bits per heavy atom. The van der Waals surface area contributed by atoms with E-state index in [9.17, 15) is 4.79 Å². The van der Waals surface area contributed by atoms with Crippen molar-refractivity contribution in [3.8, 4) is 0 Å². The second-order valence-corrected chi connectivity index (χ2v) is 7.11. The molecule has 162 valence electrons. The Morgan fingerprint density at radius 3 is 2.68 bits per heavy atom. The molecule has 2 saturated heterocycles. The number of hydrogen-bond donors (Lipinski definition) is 1. The summed E-state index contributed by atoms with van der Waals surface area (Å²) in [5, 5.41) is 11.7. The van der Waals surface area contributed by atoms with Crippen LogP contribution in [0.4, 0.5) is 0 Å². The van der Waals surface area contributed by atoms with Gasteiger partial charge in [-0.2, -0.15) is 0 Å². The number of nitrogens with zero attached hydrogens (tertiary/aromatic N) is 5. The summed E-state index contributed by atoms with van der Waals surface area (Å²) in [7, 11) is 0. The van der Waals surface area contributed by atoms with E-state index in [1.165, 1.54) is 0 Å². The number of piperidine rings is 1. The second-order valence-electron chi connectivity index (χ2n) is 7.11. The van der Waals surface area contributed by atoms with Gasteiger partial charge in [0.2, 0.25) is 0 Å². The molecule has 0 aromatic carbocycles. The summed E-state index contributed by atoms with van der Waals surface area (Å²) in [5.41, 5.74) is 0.473. The molecule has 1 atom stereocenters. The maximum Gasteiger partial charge on any atom is 0.276 e. The topological polar surface area (TPSA) is 75.5 Å². The highest BCUT2D eigenvalue weighted by Crippen LogP contribution is 2.19. The lowest BCUT2D eigenvalue weighted by molar-refractivity contribution is 0.0337. The fourth-order valence-corrected chi connectivity index (χ4v) is 3.87. The molecule has 0 aliphatic carbocycles. The lowest BCUT2D eigenvalue weighted by Gasteiger charge is -2.40. The first-order valence-electron chi connectivity index (χ1n) is 9.96. The average Bonchev–Trinajstić information content (AvgIpc) is 3.18. The molecule has 28 heavy (non-hydrogen) atoms. The van der Waals surface area contributed by atoms with Gasteiger partial charge in [0.25, 0.3) is 5.91 Å². The van der Waals surface area contributed by atoms with Crippen LogP contribution >= 0.6 is 24.8 Å². The number of piperazine rings is 1. The van der Waals surface area contributed by atoms with E-state index in [1.54, 1.807) is 0 Å². The molecule has 3 rings (SSSR count). The predicted molar refractivity (Wildman–Crippen MR) is 114 cm³/mol. The number of rotatable bonds is 7. The molecular weight excluding hydrogens is 403 g/mol. The highest BCUT2D eigenvalue weighted by Gasteiger charge is 2.30. The number of nitrogens with one attached hydrogen (secondary N) is 1. The van der Waals surface area contributed by atoms with E-state index >= 15 is 0 Å². The predicted octanol–water partition coefficient (Wildman–Crippen LogP) is 1.62. The van der Waals surface area contributed by atoms with Crippen LogP contribution in [-0.2, 0) is 4.74 Å². The van der Waals surface area contributed by atoms with Gasteiger partial charge in [-0.25, -0.2) is 4.68 Å². The highest BCUT2D eigenvalue weighted by molar-refractivity contribution is 5.92. The highest BCUT2D eigenvalue weighted by atomic mass is 35.5. The smallest absolute Gasteiger partial charge is 0.276 e. The van der Waals surface area contributed by atoms with Crippen molar-refractivity contribution in [3.05, 3.63) is 11.9 Å². The van der Waals surface area contributed by atoms with Crippen molar-refractivity contribution in [2.75, 3.05) is 52.5 Å². The zero-order valence-electron chi connectivity index (χ0n) is 16.9. The zero-order valence-corrected chi connectivity index (χ0v) is 18.5. The maximum absolute atomic E-state index is 12.9. The Hall–Kier alpha value is -0.930. The van der Waals surface area contributed by atoms with Crippen LogP contribution in [0.25, 0.3) is 0 Å². The molecule has 1 aromatic rings. The van der Waals surface area contributed by atoms with Gasteiger partial charge in [-0.3, -0.25) is 9.69 Å². The molecule has 2 fully saturated rings. The van der Waals surface area contributed by atoms with E-state index in [0.717, 1.165) is 71.7 Å². The Labute approximate surface area is 180 Å². The van der Waals surface area contributed by atoms with Crippen molar-refractivity contribution in [2.45, 2.75) is 45.2 Å². The van der Waals surface area contributed by atoms with Gasteiger partial charge >= 0.3 is 0 Å². The van der Waals surface area contributed by atoms with Gasteiger partial charge in [0, 0.05) is 38.8 Å². The van der Waals surface area contributed by atoms with Gasteiger partial charge in [-0.05, 0) is 39.3 Å². The number of halogens is 2. The Morgan fingerprint density at radius 1 is 1.25 bits per heavy atom. The molecule has 0 saturated carbocycles. The largest absolute Gasteiger partial charge is 0.380 e. The number of aromatic nitrogens is 3. The summed E-state index contributed by atoms with van der Waals surface area (Å²) in [6.07, 6.45) is 4.93. The summed E-state index contributed by atoms with van der Waals surface area (Å²) < 4.78 is 7.36. The van der Waals surface area contributed by atoms with E-state index in [2.05, 4.69) is 27.5 Å². The molecule has 2 aliphatic rings. The van der Waals surface area contributed by atoms with Crippen LogP contribution in [0.5, 0.6) is 0 Å². The quantitative estimate of drug-likeness (QED) is 0.654. The summed E-state index contributed by atoms with van der Waals surface area (Å²) in [4.78, 5) is 17.2. The molecule has 1 N–H and O–H groups in total. The standard InChI is InChI=1S/C18H32N6O2.2ClH/c1-3-15-13-23(10-9-22(15)11-12-26-4-2)18(25)17-14-24(21-20-17)16-5-7-19-8-6-16;;/h14-16,19H,3-13H2,1-2H3;2*1H. The van der Waals surface area contributed by atoms with Crippen LogP contribution in [0.1, 0.15) is 49.6 Å². The van der Waals surface area contributed by atoms with Crippen molar-refractivity contribution in [3.63, 3.8) is 0 Å². The van der Waals surface area contributed by atoms with Crippen molar-refractivity contribution < 1.29 is 9.53 Å². The molecule has 1 unspecified atom stereocenters. The Bertz CT molecular complexity index is 582. The molecule has 1 amide bonds. The minimum absolute atomic E-state index is 0. The third-order valence-electron chi connectivity index (χ3n) is 5.50. The first-order chi connectivity index (χ1) is 12.7. The van der Waals surface area contributed by atoms with Crippen molar-refractivity contribution >= 4 is 30.7 Å². The van der Waals surface area contributed by atoms with E-state index in [0.29, 0.717) is 17.8 Å². The first kappa shape index (κ1) is 25.1. The van der Waals surface area contributed by atoms with Crippen molar-refractivity contribution in [2.24, 2.45) is 0 Å². The third kappa shape index (κ3) is 6.29. The fourth-order valence-electron chi connectivity index (χ4n) is 3.87. The Kier molecular flexibility index (Phi) is 11.3. The van der Waals surface area contributed by atoms with E-state index in [4.69, 9.17) is 4.74 Å². The normalized spacial score (nSPS) is 21.1. The van der Waals surface area contributed by atoms with E-state index in [1.807, 2.05) is 22.7 Å². The van der Waals surface area contributed by atoms with Crippen molar-refractivity contribution in [1.29, 1.82) is 0 Å². The van der Waals surface area contributed by atoms with E-state index in [-0.39, 0.29) is 30.7 Å². The second kappa shape index (κ2) is 12.6. The minimum atomic E-state index is 0. The molecule has 2 aliphatic heterocycles. The number of hydrogen-bond acceptors (Lipinski definition) is 6. The molecule has 0 radical (unpaired) electrons. The van der Waals surface area contributed by atoms with Crippen LogP contribution in [-0.4, -0.2) is 89.2 Å². The monoisotopic (exact) mass is 436 g/mol. The molecule has 8 nitrogen and oxygen atoms in total. The van der Waals surface area contributed by atoms with Crippen LogP contribution in [0, 0.1) is 0 Å². The minimum Gasteiger partial charge on any atom is -0.380 e. The van der Waals surface area contributed by atoms with Gasteiger partial charge in [-0.15, -0.1) is 29.9 Å².